The predicted octanol–water partition coefficient (Wildman–Crippen LogP) is 4.18. The summed E-state index contributed by atoms with van der Waals surface area (Å²) in [4.78, 5) is 22.4. The largest absolute Gasteiger partial charge is 0.479 e. The summed E-state index contributed by atoms with van der Waals surface area (Å²) in [5.41, 5.74) is 2.94. The highest BCUT2D eigenvalue weighted by molar-refractivity contribution is 5.93. The average Bonchev–Trinajstić information content (AvgIpc) is 3.24. The molecule has 1 saturated carbocycles. The minimum absolute atomic E-state index is 0.0778. The molecule has 0 spiro atoms. The Morgan fingerprint density at radius 2 is 2.03 bits per heavy atom. The number of pyridine rings is 1. The van der Waals surface area contributed by atoms with Crippen molar-refractivity contribution >= 4 is 11.6 Å². The van der Waals surface area contributed by atoms with Crippen molar-refractivity contribution in [1.82, 2.24) is 19.2 Å². The minimum atomic E-state index is 0.0778. The zero-order valence-corrected chi connectivity index (χ0v) is 17.9. The summed E-state index contributed by atoms with van der Waals surface area (Å²) < 4.78 is 7.84. The third kappa shape index (κ3) is 3.57. The number of fused-ring (bicyclic) bond motifs is 1. The van der Waals surface area contributed by atoms with E-state index in [1.165, 1.54) is 37.7 Å². The van der Waals surface area contributed by atoms with Gasteiger partial charge in [0, 0.05) is 31.9 Å². The van der Waals surface area contributed by atoms with E-state index in [0.29, 0.717) is 18.2 Å². The number of hydrogen-bond acceptors (Lipinski definition) is 4. The van der Waals surface area contributed by atoms with Crippen LogP contribution in [0.25, 0.3) is 5.65 Å². The molecule has 0 bridgehead atoms. The van der Waals surface area contributed by atoms with E-state index in [1.54, 1.807) is 6.20 Å². The summed E-state index contributed by atoms with van der Waals surface area (Å²) in [7, 11) is 0. The first-order valence-electron chi connectivity index (χ1n) is 11.6. The number of hydrogen-bond donors (Lipinski definition) is 0. The van der Waals surface area contributed by atoms with Crippen LogP contribution in [0.2, 0.25) is 0 Å². The lowest BCUT2D eigenvalue weighted by Gasteiger charge is -2.41. The molecule has 1 aliphatic carbocycles. The Morgan fingerprint density at radius 1 is 1.17 bits per heavy atom. The van der Waals surface area contributed by atoms with Gasteiger partial charge in [-0.2, -0.15) is 0 Å². The zero-order chi connectivity index (χ0) is 20.5. The molecule has 5 rings (SSSR count). The van der Waals surface area contributed by atoms with Gasteiger partial charge >= 0.3 is 0 Å². The summed E-state index contributed by atoms with van der Waals surface area (Å²) in [5.74, 6) is 1.64. The third-order valence-corrected chi connectivity index (χ3v) is 6.95. The first-order chi connectivity index (χ1) is 14.7. The number of amides is 1. The van der Waals surface area contributed by atoms with Gasteiger partial charge in [-0.3, -0.25) is 9.20 Å². The van der Waals surface area contributed by atoms with Gasteiger partial charge in [-0.25, -0.2) is 4.98 Å². The van der Waals surface area contributed by atoms with E-state index >= 15 is 0 Å². The van der Waals surface area contributed by atoms with Gasteiger partial charge in [0.05, 0.1) is 12.8 Å². The summed E-state index contributed by atoms with van der Waals surface area (Å²) >= 11 is 0. The molecule has 1 atom stereocenters. The van der Waals surface area contributed by atoms with E-state index in [1.807, 2.05) is 15.5 Å². The maximum atomic E-state index is 13.5. The SMILES string of the molecule is C[C@@H]1CN(C2=CCCCO2)CCN1C(=O)c1cnc2c(C3CCCCC3)cccn12. The fourth-order valence-corrected chi connectivity index (χ4v) is 5.29. The van der Waals surface area contributed by atoms with E-state index in [9.17, 15) is 4.79 Å². The van der Waals surface area contributed by atoms with Crippen LogP contribution in [0.15, 0.2) is 36.5 Å². The van der Waals surface area contributed by atoms with Crippen molar-refractivity contribution < 1.29 is 9.53 Å². The fourth-order valence-electron chi connectivity index (χ4n) is 5.29. The number of imidazole rings is 1. The maximum Gasteiger partial charge on any atom is 0.272 e. The second-order valence-electron chi connectivity index (χ2n) is 8.96. The lowest BCUT2D eigenvalue weighted by Crippen LogP contribution is -2.54. The van der Waals surface area contributed by atoms with Gasteiger partial charge in [-0.15, -0.1) is 0 Å². The van der Waals surface area contributed by atoms with Crippen molar-refractivity contribution in [3.05, 3.63) is 47.7 Å². The number of carbonyl (C=O) groups excluding carboxylic acids is 1. The number of ether oxygens (including phenoxy) is 1. The molecule has 1 amide bonds. The molecule has 1 saturated heterocycles. The minimum Gasteiger partial charge on any atom is -0.479 e. The molecule has 4 heterocycles. The molecular formula is C24H32N4O2. The van der Waals surface area contributed by atoms with Crippen LogP contribution in [0.5, 0.6) is 0 Å². The van der Waals surface area contributed by atoms with Gasteiger partial charge in [0.1, 0.15) is 11.3 Å². The molecule has 160 valence electrons. The molecule has 2 aromatic rings. The van der Waals surface area contributed by atoms with Crippen LogP contribution in [0.4, 0.5) is 0 Å². The van der Waals surface area contributed by atoms with E-state index in [-0.39, 0.29) is 11.9 Å². The van der Waals surface area contributed by atoms with Gasteiger partial charge in [0.15, 0.2) is 5.88 Å². The molecule has 6 heteroatoms. The Balaban J connectivity index is 1.35. The molecule has 2 fully saturated rings. The lowest BCUT2D eigenvalue weighted by molar-refractivity contribution is 0.0305. The topological polar surface area (TPSA) is 50.1 Å². The number of rotatable bonds is 3. The molecule has 3 aliphatic rings. The van der Waals surface area contributed by atoms with Crippen molar-refractivity contribution in [3.63, 3.8) is 0 Å². The van der Waals surface area contributed by atoms with E-state index in [0.717, 1.165) is 44.1 Å². The highest BCUT2D eigenvalue weighted by Crippen LogP contribution is 2.34. The van der Waals surface area contributed by atoms with Crippen molar-refractivity contribution in [2.45, 2.75) is 63.8 Å². The molecule has 0 N–H and O–H groups in total. The van der Waals surface area contributed by atoms with Crippen molar-refractivity contribution in [1.29, 1.82) is 0 Å². The second-order valence-corrected chi connectivity index (χ2v) is 8.96. The fraction of sp³-hybridized carbons (Fsp3) is 0.583. The Hall–Kier alpha value is -2.50. The summed E-state index contributed by atoms with van der Waals surface area (Å²) in [6.07, 6.45) is 14.5. The molecular weight excluding hydrogens is 376 g/mol. The number of allylic oxidation sites excluding steroid dienone is 1. The highest BCUT2D eigenvalue weighted by Gasteiger charge is 2.31. The van der Waals surface area contributed by atoms with Gasteiger partial charge in [0.2, 0.25) is 0 Å². The van der Waals surface area contributed by atoms with Gasteiger partial charge < -0.3 is 14.5 Å². The molecule has 2 aromatic heterocycles. The smallest absolute Gasteiger partial charge is 0.272 e. The monoisotopic (exact) mass is 408 g/mol. The summed E-state index contributed by atoms with van der Waals surface area (Å²) in [6.45, 7) is 5.25. The van der Waals surface area contributed by atoms with Crippen LogP contribution in [0, 0.1) is 0 Å². The van der Waals surface area contributed by atoms with Gasteiger partial charge in [-0.05, 0) is 56.2 Å². The number of nitrogens with zero attached hydrogens (tertiary/aromatic N) is 4. The molecule has 2 aliphatic heterocycles. The van der Waals surface area contributed by atoms with E-state index < -0.39 is 0 Å². The first-order valence-corrected chi connectivity index (χ1v) is 11.6. The number of piperazine rings is 1. The Labute approximate surface area is 178 Å². The van der Waals surface area contributed by atoms with Crippen molar-refractivity contribution in [2.75, 3.05) is 26.2 Å². The van der Waals surface area contributed by atoms with Crippen molar-refractivity contribution in [2.24, 2.45) is 0 Å². The van der Waals surface area contributed by atoms with Crippen LogP contribution in [0.1, 0.15) is 73.8 Å². The third-order valence-electron chi connectivity index (χ3n) is 6.95. The number of aromatic nitrogens is 2. The van der Waals surface area contributed by atoms with Gasteiger partial charge in [-0.1, -0.05) is 25.3 Å². The molecule has 30 heavy (non-hydrogen) atoms. The Bertz CT molecular complexity index is 944. The van der Waals surface area contributed by atoms with Crippen LogP contribution < -0.4 is 0 Å². The average molecular weight is 409 g/mol. The van der Waals surface area contributed by atoms with Gasteiger partial charge in [0.25, 0.3) is 5.91 Å². The highest BCUT2D eigenvalue weighted by atomic mass is 16.5. The first kappa shape index (κ1) is 19.5. The van der Waals surface area contributed by atoms with Crippen LogP contribution in [-0.2, 0) is 4.74 Å². The molecule has 6 nitrogen and oxygen atoms in total. The second kappa shape index (κ2) is 8.32. The predicted molar refractivity (Wildman–Crippen MR) is 116 cm³/mol. The van der Waals surface area contributed by atoms with Crippen LogP contribution in [-0.4, -0.2) is 57.4 Å². The quantitative estimate of drug-likeness (QED) is 0.765. The van der Waals surface area contributed by atoms with E-state index in [2.05, 4.69) is 30.0 Å². The maximum absolute atomic E-state index is 13.5. The molecule has 0 radical (unpaired) electrons. The zero-order valence-electron chi connectivity index (χ0n) is 17.9. The normalized spacial score (nSPS) is 23.4. The number of carbonyl (C=O) groups is 1. The van der Waals surface area contributed by atoms with Crippen LogP contribution >= 0.6 is 0 Å². The Kier molecular flexibility index (Phi) is 5.40. The van der Waals surface area contributed by atoms with E-state index in [4.69, 9.17) is 9.72 Å². The van der Waals surface area contributed by atoms with Crippen molar-refractivity contribution in [3.8, 4) is 0 Å². The lowest BCUT2D eigenvalue weighted by atomic mass is 9.84. The summed E-state index contributed by atoms with van der Waals surface area (Å²) in [5, 5.41) is 0. The molecule has 0 aromatic carbocycles. The standard InChI is InChI=1S/C24H32N4O2/c1-18-17-26(22-11-5-6-15-30-22)13-14-27(18)24(29)21-16-25-23-20(10-7-12-28(21)23)19-8-3-2-4-9-19/h7,10-12,16,18-19H,2-6,8-9,13-15,17H2,1H3/t18-/m1/s1. The Morgan fingerprint density at radius 3 is 2.80 bits per heavy atom. The summed E-state index contributed by atoms with van der Waals surface area (Å²) in [6, 6.07) is 4.40. The molecule has 0 unspecified atom stereocenters. The van der Waals surface area contributed by atoms with Crippen LogP contribution in [0.3, 0.4) is 0 Å².